The summed E-state index contributed by atoms with van der Waals surface area (Å²) in [5.74, 6) is 0. The molecule has 0 aliphatic heterocycles. The standard InChI is InChI=1S/C49H33N3/c1-4-11-32(12-5-1)42-31-46(35-15-8-3-9-16-35)50-45-30-27-40-39(17-10-18-41(40)47(42)45)33-19-21-36(22-20-33)44-29-26-38-24-23-37-25-28-43(34-13-6-2-7-14-34)51-48(37)49(38)52-44/h1-26,28-29,31H,27,30H2. The van der Waals surface area contributed by atoms with Crippen molar-refractivity contribution >= 4 is 21.8 Å². The molecule has 0 saturated carbocycles. The first kappa shape index (κ1) is 30.1. The molecule has 0 spiro atoms. The van der Waals surface area contributed by atoms with Gasteiger partial charge in [0.2, 0.25) is 0 Å². The smallest absolute Gasteiger partial charge is 0.0972 e. The monoisotopic (exact) mass is 663 g/mol. The summed E-state index contributed by atoms with van der Waals surface area (Å²) in [7, 11) is 0. The maximum atomic E-state index is 5.27. The van der Waals surface area contributed by atoms with Gasteiger partial charge in [-0.05, 0) is 64.4 Å². The summed E-state index contributed by atoms with van der Waals surface area (Å²) in [6.45, 7) is 0. The summed E-state index contributed by atoms with van der Waals surface area (Å²) in [6.07, 6.45) is 1.84. The quantitative estimate of drug-likeness (QED) is 0.172. The van der Waals surface area contributed by atoms with E-state index in [9.17, 15) is 0 Å². The van der Waals surface area contributed by atoms with Gasteiger partial charge in [0.05, 0.1) is 28.1 Å². The fraction of sp³-hybridized carbons (Fsp3) is 0.0408. The van der Waals surface area contributed by atoms with E-state index in [1.54, 1.807) is 0 Å². The Hall–Kier alpha value is -6.71. The summed E-state index contributed by atoms with van der Waals surface area (Å²) in [4.78, 5) is 15.6. The van der Waals surface area contributed by atoms with Gasteiger partial charge in [-0.3, -0.25) is 4.98 Å². The van der Waals surface area contributed by atoms with E-state index >= 15 is 0 Å². The normalized spacial score (nSPS) is 12.1. The maximum absolute atomic E-state index is 5.27. The highest BCUT2D eigenvalue weighted by atomic mass is 14.8. The van der Waals surface area contributed by atoms with Crippen LogP contribution in [0, 0.1) is 0 Å². The Balaban J connectivity index is 1.04. The van der Waals surface area contributed by atoms with Crippen molar-refractivity contribution in [2.24, 2.45) is 0 Å². The van der Waals surface area contributed by atoms with Crippen molar-refractivity contribution in [2.75, 3.05) is 0 Å². The van der Waals surface area contributed by atoms with Crippen LogP contribution in [0.2, 0.25) is 0 Å². The van der Waals surface area contributed by atoms with Crippen molar-refractivity contribution in [1.29, 1.82) is 0 Å². The first-order valence-corrected chi connectivity index (χ1v) is 17.9. The highest BCUT2D eigenvalue weighted by molar-refractivity contribution is 6.04. The number of pyridine rings is 3. The summed E-state index contributed by atoms with van der Waals surface area (Å²) in [5, 5.41) is 2.17. The minimum atomic E-state index is 0.896. The van der Waals surface area contributed by atoms with Crippen LogP contribution < -0.4 is 0 Å². The topological polar surface area (TPSA) is 38.7 Å². The van der Waals surface area contributed by atoms with Gasteiger partial charge in [-0.1, -0.05) is 158 Å². The second-order valence-electron chi connectivity index (χ2n) is 13.5. The average molecular weight is 664 g/mol. The molecule has 0 bridgehead atoms. The largest absolute Gasteiger partial charge is 0.252 e. The van der Waals surface area contributed by atoms with Gasteiger partial charge in [0.15, 0.2) is 0 Å². The number of hydrogen-bond acceptors (Lipinski definition) is 3. The van der Waals surface area contributed by atoms with E-state index in [0.717, 1.165) is 68.4 Å². The summed E-state index contributed by atoms with van der Waals surface area (Å²) in [6, 6.07) is 62.3. The lowest BCUT2D eigenvalue weighted by Crippen LogP contribution is -2.10. The lowest BCUT2D eigenvalue weighted by atomic mass is 9.80. The number of aromatic nitrogens is 3. The molecule has 0 radical (unpaired) electrons. The number of nitrogens with zero attached hydrogens (tertiary/aromatic N) is 3. The molecule has 0 fully saturated rings. The molecule has 244 valence electrons. The molecule has 3 heterocycles. The molecule has 0 saturated heterocycles. The van der Waals surface area contributed by atoms with Gasteiger partial charge < -0.3 is 0 Å². The third-order valence-electron chi connectivity index (χ3n) is 10.4. The Morgan fingerprint density at radius 1 is 0.327 bits per heavy atom. The van der Waals surface area contributed by atoms with E-state index in [4.69, 9.17) is 15.0 Å². The lowest BCUT2D eigenvalue weighted by Gasteiger charge is -2.25. The van der Waals surface area contributed by atoms with E-state index in [1.165, 1.54) is 44.6 Å². The van der Waals surface area contributed by atoms with Crippen molar-refractivity contribution in [3.63, 3.8) is 0 Å². The number of fused-ring (bicyclic) bond motifs is 6. The van der Waals surface area contributed by atoms with Crippen molar-refractivity contribution in [3.8, 4) is 67.2 Å². The van der Waals surface area contributed by atoms with Gasteiger partial charge in [0.1, 0.15) is 0 Å². The first-order chi connectivity index (χ1) is 25.8. The predicted molar refractivity (Wildman–Crippen MR) is 215 cm³/mol. The van der Waals surface area contributed by atoms with Crippen molar-refractivity contribution in [3.05, 3.63) is 187 Å². The van der Waals surface area contributed by atoms with Crippen LogP contribution in [0.1, 0.15) is 11.3 Å². The minimum absolute atomic E-state index is 0.896. The minimum Gasteiger partial charge on any atom is -0.252 e. The molecule has 6 aromatic carbocycles. The second-order valence-corrected chi connectivity index (χ2v) is 13.5. The molecule has 0 amide bonds. The summed E-state index contributed by atoms with van der Waals surface area (Å²) >= 11 is 0. The second kappa shape index (κ2) is 12.6. The van der Waals surface area contributed by atoms with Crippen LogP contribution in [0.15, 0.2) is 176 Å². The number of aryl methyl sites for hydroxylation is 1. The van der Waals surface area contributed by atoms with Crippen LogP contribution >= 0.6 is 0 Å². The highest BCUT2D eigenvalue weighted by Crippen LogP contribution is 2.44. The van der Waals surface area contributed by atoms with Gasteiger partial charge in [-0.25, -0.2) is 9.97 Å². The third-order valence-corrected chi connectivity index (χ3v) is 10.4. The highest BCUT2D eigenvalue weighted by Gasteiger charge is 2.25. The molecule has 10 rings (SSSR count). The molecule has 3 heteroatoms. The van der Waals surface area contributed by atoms with E-state index in [-0.39, 0.29) is 0 Å². The molecule has 0 unspecified atom stereocenters. The van der Waals surface area contributed by atoms with E-state index in [0.29, 0.717) is 0 Å². The molecular weight excluding hydrogens is 631 g/mol. The zero-order valence-electron chi connectivity index (χ0n) is 28.5. The molecule has 0 atom stereocenters. The van der Waals surface area contributed by atoms with E-state index in [1.807, 2.05) is 6.07 Å². The zero-order valence-corrected chi connectivity index (χ0v) is 28.5. The van der Waals surface area contributed by atoms with Crippen LogP contribution in [-0.4, -0.2) is 15.0 Å². The Bertz CT molecular complexity index is 2760. The number of hydrogen-bond donors (Lipinski definition) is 0. The lowest BCUT2D eigenvalue weighted by molar-refractivity contribution is 0.900. The Labute approximate surface area is 303 Å². The SMILES string of the molecule is c1ccc(-c2cc(-c3ccccc3)c3c(n2)CCc2c(-c4ccc(-c5ccc6ccc7ccc(-c8ccccc8)nc7c6n5)cc4)cccc2-3)cc1. The molecule has 9 aromatic rings. The van der Waals surface area contributed by atoms with Gasteiger partial charge in [-0.2, -0.15) is 0 Å². The molecule has 1 aliphatic rings. The van der Waals surface area contributed by atoms with Crippen LogP contribution in [0.5, 0.6) is 0 Å². The summed E-state index contributed by atoms with van der Waals surface area (Å²) < 4.78 is 0. The molecule has 52 heavy (non-hydrogen) atoms. The van der Waals surface area contributed by atoms with Crippen molar-refractivity contribution in [2.45, 2.75) is 12.8 Å². The average Bonchev–Trinajstić information content (AvgIpc) is 3.23. The Morgan fingerprint density at radius 2 is 0.808 bits per heavy atom. The van der Waals surface area contributed by atoms with Gasteiger partial charge in [0.25, 0.3) is 0 Å². The zero-order chi connectivity index (χ0) is 34.4. The molecule has 3 aromatic heterocycles. The first-order valence-electron chi connectivity index (χ1n) is 17.9. The third kappa shape index (κ3) is 5.26. The summed E-state index contributed by atoms with van der Waals surface area (Å²) in [5.41, 5.74) is 18.1. The molecule has 0 N–H and O–H groups in total. The molecule has 3 nitrogen and oxygen atoms in total. The maximum Gasteiger partial charge on any atom is 0.0972 e. The molecular formula is C49H33N3. The van der Waals surface area contributed by atoms with E-state index in [2.05, 4.69) is 170 Å². The Morgan fingerprint density at radius 3 is 1.42 bits per heavy atom. The van der Waals surface area contributed by atoms with Gasteiger partial charge >= 0.3 is 0 Å². The van der Waals surface area contributed by atoms with Crippen molar-refractivity contribution < 1.29 is 0 Å². The van der Waals surface area contributed by atoms with Crippen LogP contribution in [0.4, 0.5) is 0 Å². The van der Waals surface area contributed by atoms with Crippen LogP contribution in [-0.2, 0) is 12.8 Å². The van der Waals surface area contributed by atoms with Gasteiger partial charge in [0, 0.05) is 38.7 Å². The molecule has 1 aliphatic carbocycles. The van der Waals surface area contributed by atoms with Gasteiger partial charge in [-0.15, -0.1) is 0 Å². The number of benzene rings is 6. The Kier molecular flexibility index (Phi) is 7.28. The van der Waals surface area contributed by atoms with Crippen LogP contribution in [0.25, 0.3) is 89.0 Å². The fourth-order valence-electron chi connectivity index (χ4n) is 7.80. The fourth-order valence-corrected chi connectivity index (χ4v) is 7.80. The van der Waals surface area contributed by atoms with E-state index < -0.39 is 0 Å². The predicted octanol–water partition coefficient (Wildman–Crippen LogP) is 12.3. The number of rotatable bonds is 5. The van der Waals surface area contributed by atoms with Crippen molar-refractivity contribution in [1.82, 2.24) is 15.0 Å². The van der Waals surface area contributed by atoms with Crippen LogP contribution in [0.3, 0.4) is 0 Å².